The topological polar surface area (TPSA) is 96.5 Å². The zero-order valence-corrected chi connectivity index (χ0v) is 23.8. The number of H-pyrrole nitrogens is 1. The third-order valence-electron chi connectivity index (χ3n) is 7.94. The summed E-state index contributed by atoms with van der Waals surface area (Å²) in [5.74, 6) is 0.983. The summed E-state index contributed by atoms with van der Waals surface area (Å²) in [6.45, 7) is 0.342. The van der Waals surface area contributed by atoms with Gasteiger partial charge in [0.15, 0.2) is 11.5 Å². The van der Waals surface area contributed by atoms with Crippen LogP contribution in [-0.2, 0) is 22.4 Å². The molecular weight excluding hydrogens is 516 g/mol. The molecule has 1 saturated carbocycles. The number of para-hydroxylation sites is 1. The number of methoxy groups -OCH3 is 2. The maximum Gasteiger partial charge on any atom is 0.247 e. The molecule has 0 spiro atoms. The Balaban J connectivity index is 1.47. The fourth-order valence-electron chi connectivity index (χ4n) is 5.76. The third kappa shape index (κ3) is 6.70. The van der Waals surface area contributed by atoms with Crippen LogP contribution in [0.3, 0.4) is 0 Å². The maximum atomic E-state index is 14.2. The molecule has 41 heavy (non-hydrogen) atoms. The van der Waals surface area contributed by atoms with Gasteiger partial charge in [-0.2, -0.15) is 0 Å². The quantitative estimate of drug-likeness (QED) is 0.259. The monoisotopic (exact) mass is 554 g/mol. The van der Waals surface area contributed by atoms with Crippen molar-refractivity contribution in [3.05, 3.63) is 89.9 Å². The van der Waals surface area contributed by atoms with Gasteiger partial charge < -0.3 is 24.7 Å². The van der Waals surface area contributed by atoms with Gasteiger partial charge in [-0.05, 0) is 54.7 Å². The molecule has 8 heteroatoms. The van der Waals surface area contributed by atoms with Gasteiger partial charge in [-0.15, -0.1) is 0 Å². The number of aromatic nitrogens is 2. The summed E-state index contributed by atoms with van der Waals surface area (Å²) in [5, 5.41) is 4.27. The predicted octanol–water partition coefficient (Wildman–Crippen LogP) is 5.38. The molecule has 1 atom stereocenters. The lowest BCUT2D eigenvalue weighted by molar-refractivity contribution is -0.140. The number of carbonyl (C=O) groups is 2. The summed E-state index contributed by atoms with van der Waals surface area (Å²) in [7, 11) is 3.21. The molecule has 0 radical (unpaired) electrons. The van der Waals surface area contributed by atoms with E-state index in [1.165, 1.54) is 6.42 Å². The summed E-state index contributed by atoms with van der Waals surface area (Å²) in [4.78, 5) is 37.5. The molecule has 0 saturated heterocycles. The van der Waals surface area contributed by atoms with Crippen molar-refractivity contribution < 1.29 is 19.1 Å². The Labute approximate surface area is 241 Å². The number of aromatic amines is 1. The van der Waals surface area contributed by atoms with Crippen molar-refractivity contribution in [1.29, 1.82) is 0 Å². The highest BCUT2D eigenvalue weighted by molar-refractivity contribution is 5.92. The zero-order valence-electron chi connectivity index (χ0n) is 23.8. The van der Waals surface area contributed by atoms with E-state index < -0.39 is 6.04 Å². The first-order chi connectivity index (χ1) is 20.1. The number of hydrogen-bond acceptors (Lipinski definition) is 5. The molecule has 1 aliphatic carbocycles. The lowest BCUT2D eigenvalue weighted by Crippen LogP contribution is -2.48. The average molecular weight is 555 g/mol. The smallest absolute Gasteiger partial charge is 0.247 e. The van der Waals surface area contributed by atoms with Crippen molar-refractivity contribution in [2.45, 2.75) is 57.0 Å². The molecule has 8 nitrogen and oxygen atoms in total. The van der Waals surface area contributed by atoms with Gasteiger partial charge in [0.1, 0.15) is 6.04 Å². The predicted molar refractivity (Wildman–Crippen MR) is 159 cm³/mol. The number of nitrogens with one attached hydrogen (secondary N) is 2. The van der Waals surface area contributed by atoms with Crippen LogP contribution in [0.4, 0.5) is 0 Å². The molecule has 0 aliphatic heterocycles. The molecule has 0 bridgehead atoms. The van der Waals surface area contributed by atoms with E-state index in [2.05, 4.69) is 15.3 Å². The van der Waals surface area contributed by atoms with E-state index >= 15 is 0 Å². The molecule has 5 rings (SSSR count). The van der Waals surface area contributed by atoms with Gasteiger partial charge >= 0.3 is 0 Å². The van der Waals surface area contributed by atoms with Crippen LogP contribution in [0.5, 0.6) is 11.5 Å². The number of carbonyl (C=O) groups excluding carboxylic acids is 2. The second-order valence-electron chi connectivity index (χ2n) is 10.6. The molecule has 214 valence electrons. The highest BCUT2D eigenvalue weighted by Gasteiger charge is 2.33. The molecule has 2 N–H and O–H groups in total. The van der Waals surface area contributed by atoms with E-state index in [9.17, 15) is 9.59 Å². The van der Waals surface area contributed by atoms with Crippen molar-refractivity contribution in [3.63, 3.8) is 0 Å². The second kappa shape index (κ2) is 13.4. The number of fused-ring (bicyclic) bond motifs is 1. The average Bonchev–Trinajstić information content (AvgIpc) is 3.42. The van der Waals surface area contributed by atoms with E-state index in [1.54, 1.807) is 31.5 Å². The molecule has 2 aromatic carbocycles. The number of benzene rings is 2. The van der Waals surface area contributed by atoms with E-state index in [4.69, 9.17) is 9.47 Å². The molecule has 2 heterocycles. The summed E-state index contributed by atoms with van der Waals surface area (Å²) in [6, 6.07) is 16.7. The first kappa shape index (κ1) is 28.2. The minimum absolute atomic E-state index is 0.117. The van der Waals surface area contributed by atoms with Crippen LogP contribution in [0, 0.1) is 0 Å². The van der Waals surface area contributed by atoms with Crippen LogP contribution in [0.15, 0.2) is 73.2 Å². The zero-order chi connectivity index (χ0) is 28.6. The molecular formula is C33H38N4O4. The van der Waals surface area contributed by atoms with Crippen molar-refractivity contribution in [2.75, 3.05) is 20.8 Å². The van der Waals surface area contributed by atoms with E-state index in [0.717, 1.165) is 47.7 Å². The number of nitrogens with zero attached hydrogens (tertiary/aromatic N) is 2. The lowest BCUT2D eigenvalue weighted by Gasteiger charge is -2.33. The van der Waals surface area contributed by atoms with Crippen LogP contribution in [0.1, 0.15) is 54.8 Å². The first-order valence-electron chi connectivity index (χ1n) is 14.3. The van der Waals surface area contributed by atoms with Gasteiger partial charge in [0.25, 0.3) is 0 Å². The van der Waals surface area contributed by atoms with Gasteiger partial charge in [0.05, 0.1) is 20.6 Å². The van der Waals surface area contributed by atoms with Gasteiger partial charge in [-0.25, -0.2) is 0 Å². The second-order valence-corrected chi connectivity index (χ2v) is 10.6. The Morgan fingerprint density at radius 1 is 1.02 bits per heavy atom. The van der Waals surface area contributed by atoms with Crippen molar-refractivity contribution >= 4 is 22.7 Å². The summed E-state index contributed by atoms with van der Waals surface area (Å²) < 4.78 is 10.9. The Kier molecular flexibility index (Phi) is 9.19. The largest absolute Gasteiger partial charge is 0.493 e. The molecule has 2 aromatic heterocycles. The normalized spacial score (nSPS) is 14.4. The van der Waals surface area contributed by atoms with Gasteiger partial charge in [0, 0.05) is 47.6 Å². The van der Waals surface area contributed by atoms with Crippen LogP contribution in [0.25, 0.3) is 10.9 Å². The molecule has 1 fully saturated rings. The van der Waals surface area contributed by atoms with Crippen LogP contribution in [-0.4, -0.2) is 53.5 Å². The Hall–Kier alpha value is -4.33. The highest BCUT2D eigenvalue weighted by atomic mass is 16.5. The van der Waals surface area contributed by atoms with Gasteiger partial charge in [0.2, 0.25) is 11.8 Å². The fourth-order valence-corrected chi connectivity index (χ4v) is 5.76. The molecule has 2 amide bonds. The van der Waals surface area contributed by atoms with Crippen molar-refractivity contribution in [2.24, 2.45) is 0 Å². The van der Waals surface area contributed by atoms with Crippen LogP contribution in [0.2, 0.25) is 0 Å². The minimum atomic E-state index is -0.802. The van der Waals surface area contributed by atoms with Crippen LogP contribution < -0.4 is 14.8 Å². The standard InChI is InChI=1S/C33H38N4O4/c1-40-29-15-14-23(19-30(29)41-2)16-18-37(31(38)20-25-22-35-28-13-7-6-12-27(25)28)32(24-9-8-17-34-21-24)33(39)36-26-10-4-3-5-11-26/h6-9,12-15,17,19,21-22,26,32,35H,3-5,10-11,16,18,20H2,1-2H3,(H,36,39). The Morgan fingerprint density at radius 3 is 2.59 bits per heavy atom. The number of amides is 2. The number of pyridine rings is 1. The summed E-state index contributed by atoms with van der Waals surface area (Å²) in [6.07, 6.45) is 11.3. The summed E-state index contributed by atoms with van der Waals surface area (Å²) in [5.41, 5.74) is 3.55. The number of ether oxygens (including phenoxy) is 2. The Bertz CT molecular complexity index is 1460. The molecule has 1 unspecified atom stereocenters. The van der Waals surface area contributed by atoms with Crippen molar-refractivity contribution in [1.82, 2.24) is 20.2 Å². The highest BCUT2D eigenvalue weighted by Crippen LogP contribution is 2.29. The van der Waals surface area contributed by atoms with E-state index in [-0.39, 0.29) is 24.3 Å². The van der Waals surface area contributed by atoms with Gasteiger partial charge in [-0.3, -0.25) is 14.6 Å². The van der Waals surface area contributed by atoms with Crippen LogP contribution >= 0.6 is 0 Å². The van der Waals surface area contributed by atoms with Crippen molar-refractivity contribution in [3.8, 4) is 11.5 Å². The number of hydrogen-bond donors (Lipinski definition) is 2. The third-order valence-corrected chi connectivity index (χ3v) is 7.94. The van der Waals surface area contributed by atoms with Gasteiger partial charge in [-0.1, -0.05) is 49.6 Å². The van der Waals surface area contributed by atoms with E-state index in [0.29, 0.717) is 30.0 Å². The summed E-state index contributed by atoms with van der Waals surface area (Å²) >= 11 is 0. The molecule has 4 aromatic rings. The molecule has 1 aliphatic rings. The fraction of sp³-hybridized carbons (Fsp3) is 0.364. The maximum absolute atomic E-state index is 14.2. The minimum Gasteiger partial charge on any atom is -0.493 e. The number of rotatable bonds is 11. The SMILES string of the molecule is COc1ccc(CCN(C(=O)Cc2c[nH]c3ccccc23)C(C(=O)NC2CCCCC2)c2cccnc2)cc1OC. The first-order valence-corrected chi connectivity index (χ1v) is 14.3. The van der Waals surface area contributed by atoms with E-state index in [1.807, 2.05) is 60.8 Å². The lowest BCUT2D eigenvalue weighted by atomic mass is 9.94. The Morgan fingerprint density at radius 2 is 1.83 bits per heavy atom.